The van der Waals surface area contributed by atoms with E-state index in [1.165, 1.54) is 18.9 Å². The molecule has 1 amide bonds. The summed E-state index contributed by atoms with van der Waals surface area (Å²) >= 11 is 0. The van der Waals surface area contributed by atoms with Crippen molar-refractivity contribution < 1.29 is 14.3 Å². The second-order valence-corrected chi connectivity index (χ2v) is 6.03. The van der Waals surface area contributed by atoms with Crippen LogP contribution in [0, 0.1) is 0 Å². The van der Waals surface area contributed by atoms with Crippen LogP contribution in [-0.2, 0) is 4.79 Å². The maximum absolute atomic E-state index is 12.1. The van der Waals surface area contributed by atoms with E-state index in [-0.39, 0.29) is 5.91 Å². The Bertz CT molecular complexity index is 781. The molecule has 1 aromatic heterocycles. The molecular formula is C20H23N3O3. The summed E-state index contributed by atoms with van der Waals surface area (Å²) in [6, 6.07) is 9.25. The molecule has 0 saturated carbocycles. The average molecular weight is 353 g/mol. The first-order chi connectivity index (χ1) is 12.7. The van der Waals surface area contributed by atoms with E-state index in [0.717, 1.165) is 24.3 Å². The van der Waals surface area contributed by atoms with Gasteiger partial charge < -0.3 is 19.7 Å². The third-order valence-corrected chi connectivity index (χ3v) is 4.33. The van der Waals surface area contributed by atoms with Crippen LogP contribution in [0.3, 0.4) is 0 Å². The van der Waals surface area contributed by atoms with Crippen LogP contribution < -0.4 is 19.7 Å². The predicted octanol–water partition coefficient (Wildman–Crippen LogP) is 3.35. The topological polar surface area (TPSA) is 63.7 Å². The molecule has 6 heteroatoms. The molecule has 2 heterocycles. The molecule has 136 valence electrons. The van der Waals surface area contributed by atoms with Crippen molar-refractivity contribution in [3.63, 3.8) is 0 Å². The Morgan fingerprint density at radius 1 is 1.15 bits per heavy atom. The zero-order valence-electron chi connectivity index (χ0n) is 15.1. The lowest BCUT2D eigenvalue weighted by molar-refractivity contribution is -0.111. The number of hydrogen-bond acceptors (Lipinski definition) is 5. The highest BCUT2D eigenvalue weighted by Gasteiger charge is 2.12. The summed E-state index contributed by atoms with van der Waals surface area (Å²) < 4.78 is 10.5. The summed E-state index contributed by atoms with van der Waals surface area (Å²) in [5, 5.41) is 2.77. The van der Waals surface area contributed by atoms with Crippen molar-refractivity contribution in [1.29, 1.82) is 0 Å². The molecule has 0 aliphatic carbocycles. The third kappa shape index (κ3) is 4.33. The van der Waals surface area contributed by atoms with Gasteiger partial charge in [0.15, 0.2) is 0 Å². The van der Waals surface area contributed by atoms with E-state index in [9.17, 15) is 4.79 Å². The monoisotopic (exact) mass is 353 g/mol. The number of anilines is 2. The smallest absolute Gasteiger partial charge is 0.249 e. The van der Waals surface area contributed by atoms with Crippen LogP contribution in [0.1, 0.15) is 18.4 Å². The van der Waals surface area contributed by atoms with Crippen LogP contribution in [0.2, 0.25) is 0 Å². The highest BCUT2D eigenvalue weighted by atomic mass is 16.5. The fourth-order valence-electron chi connectivity index (χ4n) is 2.91. The molecule has 0 spiro atoms. The van der Waals surface area contributed by atoms with Crippen molar-refractivity contribution in [3.05, 3.63) is 48.2 Å². The van der Waals surface area contributed by atoms with Crippen LogP contribution in [0.25, 0.3) is 6.08 Å². The van der Waals surface area contributed by atoms with Crippen LogP contribution in [0.5, 0.6) is 11.5 Å². The van der Waals surface area contributed by atoms with Gasteiger partial charge in [-0.2, -0.15) is 0 Å². The molecule has 6 nitrogen and oxygen atoms in total. The molecule has 1 fully saturated rings. The van der Waals surface area contributed by atoms with E-state index in [4.69, 9.17) is 9.47 Å². The molecule has 0 bridgehead atoms. The minimum Gasteiger partial charge on any atom is -0.497 e. The van der Waals surface area contributed by atoms with Crippen molar-refractivity contribution in [2.24, 2.45) is 0 Å². The Labute approximate surface area is 153 Å². The summed E-state index contributed by atoms with van der Waals surface area (Å²) in [6.45, 7) is 2.14. The number of carbonyl (C=O) groups excluding carboxylic acids is 1. The van der Waals surface area contributed by atoms with E-state index in [1.807, 2.05) is 24.3 Å². The van der Waals surface area contributed by atoms with Gasteiger partial charge in [-0.25, -0.2) is 4.98 Å². The summed E-state index contributed by atoms with van der Waals surface area (Å²) in [6.07, 6.45) is 7.40. The maximum Gasteiger partial charge on any atom is 0.249 e. The lowest BCUT2D eigenvalue weighted by Gasteiger charge is -2.17. The second kappa shape index (κ2) is 8.38. The number of ether oxygens (including phenoxy) is 2. The number of hydrogen-bond donors (Lipinski definition) is 1. The zero-order valence-corrected chi connectivity index (χ0v) is 15.1. The number of rotatable bonds is 6. The standard InChI is InChI=1S/C20H23N3O3/c1-25-17-8-5-15(18(13-17)26-2)6-10-20(24)22-19-9-7-16(14-21-19)23-11-3-4-12-23/h5-10,13-14H,3-4,11-12H2,1-2H3,(H,21,22,24). The number of methoxy groups -OCH3 is 2. The summed E-state index contributed by atoms with van der Waals surface area (Å²) in [4.78, 5) is 18.8. The first-order valence-corrected chi connectivity index (χ1v) is 8.61. The lowest BCUT2D eigenvalue weighted by Crippen LogP contribution is -2.18. The zero-order chi connectivity index (χ0) is 18.4. The second-order valence-electron chi connectivity index (χ2n) is 6.03. The highest BCUT2D eigenvalue weighted by molar-refractivity contribution is 6.01. The fourth-order valence-corrected chi connectivity index (χ4v) is 2.91. The van der Waals surface area contributed by atoms with Crippen LogP contribution >= 0.6 is 0 Å². The molecule has 0 atom stereocenters. The Morgan fingerprint density at radius 3 is 2.62 bits per heavy atom. The van der Waals surface area contributed by atoms with Gasteiger partial charge >= 0.3 is 0 Å². The molecule has 1 N–H and O–H groups in total. The molecule has 3 rings (SSSR count). The normalized spacial score (nSPS) is 13.8. The van der Waals surface area contributed by atoms with Gasteiger partial charge in [0, 0.05) is 30.8 Å². The summed E-state index contributed by atoms with van der Waals surface area (Å²) in [5.74, 6) is 1.63. The SMILES string of the molecule is COc1ccc(C=CC(=O)Nc2ccc(N3CCCC3)cn2)c(OC)c1. The van der Waals surface area contributed by atoms with Crippen molar-refractivity contribution in [2.45, 2.75) is 12.8 Å². The van der Waals surface area contributed by atoms with Gasteiger partial charge in [-0.1, -0.05) is 0 Å². The lowest BCUT2D eigenvalue weighted by atomic mass is 10.1. The van der Waals surface area contributed by atoms with Gasteiger partial charge in [0.05, 0.1) is 26.1 Å². The minimum absolute atomic E-state index is 0.246. The number of pyridine rings is 1. The molecule has 0 unspecified atom stereocenters. The van der Waals surface area contributed by atoms with Crippen LogP contribution in [0.15, 0.2) is 42.6 Å². The number of nitrogens with zero attached hydrogens (tertiary/aromatic N) is 2. The number of carbonyl (C=O) groups is 1. The molecule has 1 aliphatic rings. The Balaban J connectivity index is 1.62. The molecule has 1 aromatic carbocycles. The van der Waals surface area contributed by atoms with Gasteiger partial charge in [-0.3, -0.25) is 4.79 Å². The Kier molecular flexibility index (Phi) is 5.73. The maximum atomic E-state index is 12.1. The van der Waals surface area contributed by atoms with Crippen molar-refractivity contribution in [3.8, 4) is 11.5 Å². The third-order valence-electron chi connectivity index (χ3n) is 4.33. The van der Waals surface area contributed by atoms with Crippen LogP contribution in [0.4, 0.5) is 11.5 Å². The predicted molar refractivity (Wildman–Crippen MR) is 103 cm³/mol. The largest absolute Gasteiger partial charge is 0.497 e. The Morgan fingerprint density at radius 2 is 1.96 bits per heavy atom. The van der Waals surface area contributed by atoms with Crippen molar-refractivity contribution >= 4 is 23.5 Å². The summed E-state index contributed by atoms with van der Waals surface area (Å²) in [5.41, 5.74) is 1.89. The first-order valence-electron chi connectivity index (χ1n) is 8.61. The van der Waals surface area contributed by atoms with Crippen molar-refractivity contribution in [1.82, 2.24) is 4.98 Å². The molecule has 0 radical (unpaired) electrons. The molecule has 1 saturated heterocycles. The quantitative estimate of drug-likeness (QED) is 0.807. The number of aromatic nitrogens is 1. The summed E-state index contributed by atoms with van der Waals surface area (Å²) in [7, 11) is 3.18. The Hall–Kier alpha value is -3.02. The van der Waals surface area contributed by atoms with Gasteiger partial charge in [-0.15, -0.1) is 0 Å². The van der Waals surface area contributed by atoms with E-state index < -0.39 is 0 Å². The molecular weight excluding hydrogens is 330 g/mol. The number of amides is 1. The first kappa shape index (κ1) is 17.8. The molecule has 1 aliphatic heterocycles. The average Bonchev–Trinajstić information content (AvgIpc) is 3.21. The van der Waals surface area contributed by atoms with E-state index in [1.54, 1.807) is 32.6 Å². The van der Waals surface area contributed by atoms with Gasteiger partial charge in [0.2, 0.25) is 5.91 Å². The van der Waals surface area contributed by atoms with Crippen molar-refractivity contribution in [2.75, 3.05) is 37.5 Å². The molecule has 2 aromatic rings. The fraction of sp³-hybridized carbons (Fsp3) is 0.300. The van der Waals surface area contributed by atoms with E-state index in [2.05, 4.69) is 15.2 Å². The van der Waals surface area contributed by atoms with Gasteiger partial charge in [0.25, 0.3) is 0 Å². The number of benzene rings is 1. The van der Waals surface area contributed by atoms with E-state index >= 15 is 0 Å². The highest BCUT2D eigenvalue weighted by Crippen LogP contribution is 2.25. The van der Waals surface area contributed by atoms with Gasteiger partial charge in [-0.05, 0) is 43.2 Å². The number of nitrogens with one attached hydrogen (secondary N) is 1. The van der Waals surface area contributed by atoms with Crippen LogP contribution in [-0.4, -0.2) is 38.2 Å². The van der Waals surface area contributed by atoms with E-state index in [0.29, 0.717) is 17.3 Å². The minimum atomic E-state index is -0.246. The van der Waals surface area contributed by atoms with Gasteiger partial charge in [0.1, 0.15) is 17.3 Å². The molecule has 26 heavy (non-hydrogen) atoms.